The quantitative estimate of drug-likeness (QED) is 0.357. The Hall–Kier alpha value is -2.97. The summed E-state index contributed by atoms with van der Waals surface area (Å²) in [5, 5.41) is 12.3. The second-order valence-electron chi connectivity index (χ2n) is 6.71. The van der Waals surface area contributed by atoms with Crippen molar-refractivity contribution >= 4 is 34.5 Å². The normalized spacial score (nSPS) is 11.7. The fraction of sp³-hybridized carbons (Fsp3) is 0.238. The Morgan fingerprint density at radius 1 is 1.30 bits per heavy atom. The van der Waals surface area contributed by atoms with E-state index in [9.17, 15) is 14.9 Å². The van der Waals surface area contributed by atoms with Crippen LogP contribution in [0.5, 0.6) is 5.75 Å². The first kappa shape index (κ1) is 21.7. The van der Waals surface area contributed by atoms with Gasteiger partial charge in [0.1, 0.15) is 22.2 Å². The number of aryl methyl sites for hydroxylation is 1. The van der Waals surface area contributed by atoms with E-state index in [0.29, 0.717) is 31.9 Å². The number of non-ortho nitro benzene ring substituents is 1. The third-order valence-electron chi connectivity index (χ3n) is 4.68. The molecular weight excluding hydrogens is 426 g/mol. The summed E-state index contributed by atoms with van der Waals surface area (Å²) in [6.45, 7) is 3.85. The van der Waals surface area contributed by atoms with Crippen LogP contribution in [0.15, 0.2) is 48.5 Å². The van der Waals surface area contributed by atoms with Gasteiger partial charge in [0.25, 0.3) is 11.6 Å². The Labute approximate surface area is 183 Å². The summed E-state index contributed by atoms with van der Waals surface area (Å²) in [6.07, 6.45) is 0. The molecule has 1 unspecified atom stereocenters. The molecule has 0 aliphatic heterocycles. The molecule has 156 valence electrons. The monoisotopic (exact) mass is 445 g/mol. The molecule has 2 aromatic carbocycles. The van der Waals surface area contributed by atoms with Gasteiger partial charge in [0.15, 0.2) is 0 Å². The number of amides is 1. The third-order valence-corrected chi connectivity index (χ3v) is 6.05. The van der Waals surface area contributed by atoms with Gasteiger partial charge in [-0.1, -0.05) is 23.7 Å². The maximum atomic E-state index is 13.0. The van der Waals surface area contributed by atoms with E-state index in [2.05, 4.69) is 4.98 Å². The number of thiazole rings is 1. The first-order chi connectivity index (χ1) is 14.3. The van der Waals surface area contributed by atoms with Gasteiger partial charge in [-0.2, -0.15) is 0 Å². The highest BCUT2D eigenvalue weighted by Crippen LogP contribution is 2.27. The highest BCUT2D eigenvalue weighted by Gasteiger charge is 2.24. The number of rotatable bonds is 7. The predicted molar refractivity (Wildman–Crippen MR) is 116 cm³/mol. The summed E-state index contributed by atoms with van der Waals surface area (Å²) in [4.78, 5) is 30.1. The van der Waals surface area contributed by atoms with Crippen molar-refractivity contribution in [2.45, 2.75) is 26.5 Å². The van der Waals surface area contributed by atoms with E-state index < -0.39 is 4.92 Å². The second kappa shape index (κ2) is 9.23. The van der Waals surface area contributed by atoms with Crippen molar-refractivity contribution in [2.75, 3.05) is 7.05 Å². The lowest BCUT2D eigenvalue weighted by molar-refractivity contribution is -0.384. The van der Waals surface area contributed by atoms with Crippen LogP contribution in [0, 0.1) is 17.0 Å². The Balaban J connectivity index is 1.72. The van der Waals surface area contributed by atoms with Crippen molar-refractivity contribution in [3.05, 3.63) is 84.8 Å². The minimum absolute atomic E-state index is 0.00388. The number of ether oxygens (including phenoxy) is 1. The van der Waals surface area contributed by atoms with Crippen LogP contribution in [-0.2, 0) is 6.61 Å². The van der Waals surface area contributed by atoms with E-state index in [0.717, 1.165) is 0 Å². The molecule has 0 spiro atoms. The van der Waals surface area contributed by atoms with Crippen molar-refractivity contribution < 1.29 is 14.5 Å². The lowest BCUT2D eigenvalue weighted by Gasteiger charge is -2.25. The molecule has 3 aromatic rings. The van der Waals surface area contributed by atoms with Crippen LogP contribution < -0.4 is 4.74 Å². The van der Waals surface area contributed by atoms with Gasteiger partial charge in [0, 0.05) is 24.2 Å². The van der Waals surface area contributed by atoms with Crippen LogP contribution in [0.2, 0.25) is 5.02 Å². The summed E-state index contributed by atoms with van der Waals surface area (Å²) in [5.41, 5.74) is 1.31. The first-order valence-corrected chi connectivity index (χ1v) is 10.3. The largest absolute Gasteiger partial charge is 0.486 e. The molecule has 0 N–H and O–H groups in total. The molecule has 1 aromatic heterocycles. The predicted octanol–water partition coefficient (Wildman–Crippen LogP) is 5.43. The van der Waals surface area contributed by atoms with Crippen molar-refractivity contribution in [3.63, 3.8) is 0 Å². The van der Waals surface area contributed by atoms with Gasteiger partial charge >= 0.3 is 0 Å². The molecule has 0 saturated heterocycles. The zero-order chi connectivity index (χ0) is 21.8. The first-order valence-electron chi connectivity index (χ1n) is 9.12. The maximum absolute atomic E-state index is 13.0. The summed E-state index contributed by atoms with van der Waals surface area (Å²) in [5.74, 6) is 0.471. The number of benzene rings is 2. The van der Waals surface area contributed by atoms with Gasteiger partial charge in [0.2, 0.25) is 0 Å². The van der Waals surface area contributed by atoms with Crippen molar-refractivity contribution in [2.24, 2.45) is 0 Å². The number of hydrogen-bond donors (Lipinski definition) is 0. The SMILES string of the molecule is Cc1nc(COc2ccc(Cl)cc2)sc1C(=O)N(C)C(C)c1cccc([N+](=O)[O-])c1. The lowest BCUT2D eigenvalue weighted by atomic mass is 10.1. The topological polar surface area (TPSA) is 85.6 Å². The Morgan fingerprint density at radius 3 is 2.67 bits per heavy atom. The smallest absolute Gasteiger partial charge is 0.269 e. The van der Waals surface area contributed by atoms with E-state index in [1.807, 2.05) is 6.92 Å². The van der Waals surface area contributed by atoms with Crippen LogP contribution in [0.1, 0.15) is 38.9 Å². The fourth-order valence-corrected chi connectivity index (χ4v) is 3.93. The molecule has 0 fully saturated rings. The van der Waals surface area contributed by atoms with Gasteiger partial charge in [0.05, 0.1) is 16.7 Å². The lowest BCUT2D eigenvalue weighted by Crippen LogP contribution is -2.29. The van der Waals surface area contributed by atoms with Crippen molar-refractivity contribution in [1.82, 2.24) is 9.88 Å². The Morgan fingerprint density at radius 2 is 2.00 bits per heavy atom. The summed E-state index contributed by atoms with van der Waals surface area (Å²) in [7, 11) is 1.68. The molecule has 0 saturated carbocycles. The number of nitro benzene ring substituents is 1. The number of hydrogen-bond acceptors (Lipinski definition) is 6. The van der Waals surface area contributed by atoms with Crippen LogP contribution >= 0.6 is 22.9 Å². The minimum atomic E-state index is -0.446. The molecule has 3 rings (SSSR count). The van der Waals surface area contributed by atoms with Gasteiger partial charge in [-0.15, -0.1) is 11.3 Å². The number of carbonyl (C=O) groups excluding carboxylic acids is 1. The van der Waals surface area contributed by atoms with E-state index in [1.165, 1.54) is 23.5 Å². The number of halogens is 1. The molecule has 0 aliphatic carbocycles. The second-order valence-corrected chi connectivity index (χ2v) is 8.23. The van der Waals surface area contributed by atoms with Crippen molar-refractivity contribution in [1.29, 1.82) is 0 Å². The molecular formula is C21H20ClN3O4S. The minimum Gasteiger partial charge on any atom is -0.486 e. The molecule has 1 amide bonds. The number of nitro groups is 1. The number of nitrogens with zero attached hydrogens (tertiary/aromatic N) is 3. The van der Waals surface area contributed by atoms with Gasteiger partial charge in [-0.3, -0.25) is 14.9 Å². The van der Waals surface area contributed by atoms with E-state index in [-0.39, 0.29) is 24.2 Å². The molecule has 1 atom stereocenters. The molecule has 9 heteroatoms. The van der Waals surface area contributed by atoms with E-state index >= 15 is 0 Å². The summed E-state index contributed by atoms with van der Waals surface area (Å²) >= 11 is 7.15. The van der Waals surface area contributed by atoms with Crippen LogP contribution in [0.4, 0.5) is 5.69 Å². The molecule has 0 bridgehead atoms. The van der Waals surface area contributed by atoms with Gasteiger partial charge in [-0.05, 0) is 43.7 Å². The van der Waals surface area contributed by atoms with Crippen LogP contribution in [0.3, 0.4) is 0 Å². The van der Waals surface area contributed by atoms with E-state index in [1.54, 1.807) is 55.3 Å². The van der Waals surface area contributed by atoms with Crippen molar-refractivity contribution in [3.8, 4) is 5.75 Å². The number of aromatic nitrogens is 1. The number of carbonyl (C=O) groups is 1. The average Bonchev–Trinajstić information content (AvgIpc) is 3.12. The van der Waals surface area contributed by atoms with Gasteiger partial charge < -0.3 is 9.64 Å². The molecule has 7 nitrogen and oxygen atoms in total. The molecule has 30 heavy (non-hydrogen) atoms. The Bertz CT molecular complexity index is 1070. The highest BCUT2D eigenvalue weighted by atomic mass is 35.5. The highest BCUT2D eigenvalue weighted by molar-refractivity contribution is 7.13. The zero-order valence-electron chi connectivity index (χ0n) is 16.7. The molecule has 0 radical (unpaired) electrons. The van der Waals surface area contributed by atoms with Crippen LogP contribution in [0.25, 0.3) is 0 Å². The summed E-state index contributed by atoms with van der Waals surface area (Å²) < 4.78 is 5.71. The average molecular weight is 446 g/mol. The zero-order valence-corrected chi connectivity index (χ0v) is 18.2. The molecule has 0 aliphatic rings. The fourth-order valence-electron chi connectivity index (χ4n) is 2.85. The third kappa shape index (κ3) is 4.95. The maximum Gasteiger partial charge on any atom is 0.269 e. The standard InChI is InChI=1S/C21H20ClN3O4S/c1-13-20(30-19(23-13)12-29-18-9-7-16(22)8-10-18)21(26)24(3)14(2)15-5-4-6-17(11-15)25(27)28/h4-11,14H,12H2,1-3H3. The van der Waals surface area contributed by atoms with Crippen LogP contribution in [-0.4, -0.2) is 27.8 Å². The summed E-state index contributed by atoms with van der Waals surface area (Å²) in [6, 6.07) is 13.0. The molecule has 1 heterocycles. The Kier molecular flexibility index (Phi) is 6.69. The van der Waals surface area contributed by atoms with Gasteiger partial charge in [-0.25, -0.2) is 4.98 Å². The van der Waals surface area contributed by atoms with E-state index in [4.69, 9.17) is 16.3 Å².